The number of imide groups is 1. The second-order valence-electron chi connectivity index (χ2n) is 6.96. The van der Waals surface area contributed by atoms with Crippen molar-refractivity contribution in [3.05, 3.63) is 77.2 Å². The Balaban J connectivity index is 1.64. The van der Waals surface area contributed by atoms with Gasteiger partial charge in [-0.3, -0.25) is 9.69 Å². The van der Waals surface area contributed by atoms with Crippen LogP contribution in [0.1, 0.15) is 23.9 Å². The largest absolute Gasteiger partial charge is 0.441 e. The number of hydrogen-bond acceptors (Lipinski definition) is 4. The van der Waals surface area contributed by atoms with Crippen molar-refractivity contribution >= 4 is 11.9 Å². The first kappa shape index (κ1) is 18.8. The van der Waals surface area contributed by atoms with Crippen molar-refractivity contribution in [3.8, 4) is 11.5 Å². The summed E-state index contributed by atoms with van der Waals surface area (Å²) < 4.78 is 33.6. The van der Waals surface area contributed by atoms with Gasteiger partial charge in [0.2, 0.25) is 5.89 Å². The number of nitrogens with zero attached hydrogens (tertiary/aromatic N) is 2. The first-order chi connectivity index (χ1) is 13.8. The van der Waals surface area contributed by atoms with Crippen molar-refractivity contribution in [1.29, 1.82) is 0 Å². The van der Waals surface area contributed by atoms with Gasteiger partial charge in [0.25, 0.3) is 5.91 Å². The van der Waals surface area contributed by atoms with Crippen molar-refractivity contribution < 1.29 is 22.8 Å². The van der Waals surface area contributed by atoms with Crippen LogP contribution >= 0.6 is 0 Å². The second kappa shape index (κ2) is 6.80. The second-order valence-corrected chi connectivity index (χ2v) is 6.96. The Hall–Kier alpha value is -3.55. The molecule has 0 radical (unpaired) electrons. The van der Waals surface area contributed by atoms with E-state index in [9.17, 15) is 18.4 Å². The molecule has 1 aliphatic rings. The highest BCUT2D eigenvalue weighted by molar-refractivity contribution is 6.07. The van der Waals surface area contributed by atoms with Gasteiger partial charge in [-0.2, -0.15) is 0 Å². The maximum atomic E-state index is 14.3. The molecule has 1 N–H and O–H groups in total. The van der Waals surface area contributed by atoms with Crippen LogP contribution in [0.15, 0.2) is 52.9 Å². The Morgan fingerprint density at radius 1 is 1.14 bits per heavy atom. The van der Waals surface area contributed by atoms with Crippen molar-refractivity contribution in [2.45, 2.75) is 25.9 Å². The molecule has 3 amide bonds. The number of amides is 3. The molecular formula is C21H17F2N3O3. The molecule has 1 saturated heterocycles. The van der Waals surface area contributed by atoms with Crippen LogP contribution < -0.4 is 5.32 Å². The van der Waals surface area contributed by atoms with E-state index < -0.39 is 29.1 Å². The van der Waals surface area contributed by atoms with E-state index in [1.165, 1.54) is 6.92 Å². The van der Waals surface area contributed by atoms with E-state index in [2.05, 4.69) is 10.3 Å². The number of rotatable bonds is 4. The van der Waals surface area contributed by atoms with Crippen molar-refractivity contribution in [2.75, 3.05) is 0 Å². The van der Waals surface area contributed by atoms with Gasteiger partial charge >= 0.3 is 6.03 Å². The Labute approximate surface area is 165 Å². The topological polar surface area (TPSA) is 75.4 Å². The lowest BCUT2D eigenvalue weighted by Gasteiger charge is -2.22. The number of hydrogen-bond donors (Lipinski definition) is 1. The zero-order chi connectivity index (χ0) is 20.8. The van der Waals surface area contributed by atoms with E-state index in [0.29, 0.717) is 17.3 Å². The predicted octanol–water partition coefficient (Wildman–Crippen LogP) is 3.90. The molecule has 3 aromatic rings. The van der Waals surface area contributed by atoms with E-state index in [1.807, 2.05) is 30.3 Å². The highest BCUT2D eigenvalue weighted by Gasteiger charge is 2.50. The smallest absolute Gasteiger partial charge is 0.325 e. The fourth-order valence-corrected chi connectivity index (χ4v) is 3.33. The average molecular weight is 397 g/mol. The summed E-state index contributed by atoms with van der Waals surface area (Å²) in [4.78, 5) is 30.8. The van der Waals surface area contributed by atoms with E-state index >= 15 is 0 Å². The van der Waals surface area contributed by atoms with Crippen LogP contribution in [0.25, 0.3) is 11.5 Å². The minimum absolute atomic E-state index is 0.153. The molecule has 148 valence electrons. The van der Waals surface area contributed by atoms with Crippen LogP contribution in [0.4, 0.5) is 13.6 Å². The molecular weight excluding hydrogens is 380 g/mol. The molecule has 1 aromatic heterocycles. The number of oxazole rings is 1. The fourth-order valence-electron chi connectivity index (χ4n) is 3.33. The van der Waals surface area contributed by atoms with Gasteiger partial charge in [-0.25, -0.2) is 18.6 Å². The third kappa shape index (κ3) is 3.16. The fraction of sp³-hybridized carbons (Fsp3) is 0.190. The number of aromatic nitrogens is 1. The zero-order valence-corrected chi connectivity index (χ0v) is 15.7. The van der Waals surface area contributed by atoms with Gasteiger partial charge in [0.05, 0.1) is 6.54 Å². The van der Waals surface area contributed by atoms with Gasteiger partial charge in [-0.15, -0.1) is 0 Å². The molecule has 0 aliphatic carbocycles. The van der Waals surface area contributed by atoms with Gasteiger partial charge in [0.1, 0.15) is 28.6 Å². The normalized spacial score (nSPS) is 19.0. The van der Waals surface area contributed by atoms with E-state index in [4.69, 9.17) is 4.42 Å². The minimum Gasteiger partial charge on any atom is -0.441 e. The molecule has 0 bridgehead atoms. The number of halogens is 2. The van der Waals surface area contributed by atoms with E-state index in [1.54, 1.807) is 6.92 Å². The Morgan fingerprint density at radius 2 is 1.86 bits per heavy atom. The summed E-state index contributed by atoms with van der Waals surface area (Å²) in [7, 11) is 0. The van der Waals surface area contributed by atoms with E-state index in [0.717, 1.165) is 28.7 Å². The summed E-state index contributed by atoms with van der Waals surface area (Å²) in [5.74, 6) is -1.37. The summed E-state index contributed by atoms with van der Waals surface area (Å²) in [6.07, 6.45) is 0. The van der Waals surface area contributed by atoms with Crippen LogP contribution in [0.3, 0.4) is 0 Å². The van der Waals surface area contributed by atoms with Crippen LogP contribution in [-0.4, -0.2) is 21.8 Å². The molecule has 1 fully saturated rings. The van der Waals surface area contributed by atoms with Crippen LogP contribution in [0.5, 0.6) is 0 Å². The number of benzene rings is 2. The Bertz CT molecular complexity index is 1110. The molecule has 6 nitrogen and oxygen atoms in total. The summed E-state index contributed by atoms with van der Waals surface area (Å²) in [6.45, 7) is 2.87. The van der Waals surface area contributed by atoms with Crippen molar-refractivity contribution in [1.82, 2.24) is 15.2 Å². The molecule has 4 rings (SSSR count). The quantitative estimate of drug-likeness (QED) is 0.678. The molecule has 29 heavy (non-hydrogen) atoms. The minimum atomic E-state index is -1.72. The van der Waals surface area contributed by atoms with E-state index in [-0.39, 0.29) is 12.1 Å². The summed E-state index contributed by atoms with van der Waals surface area (Å²) in [5.41, 5.74) is -0.800. The summed E-state index contributed by atoms with van der Waals surface area (Å²) in [5, 5.41) is 2.47. The Kier molecular flexibility index (Phi) is 4.41. The first-order valence-electron chi connectivity index (χ1n) is 8.91. The summed E-state index contributed by atoms with van der Waals surface area (Å²) >= 11 is 0. The van der Waals surface area contributed by atoms with Crippen LogP contribution in [-0.2, 0) is 16.9 Å². The Morgan fingerprint density at radius 3 is 2.59 bits per heavy atom. The number of carbonyl (C=O) groups excluding carboxylic acids is 2. The standard InChI is InChI=1S/C21H17F2N3O3/c1-12-17(24-18(29-12)13-6-4-3-5-7-13)11-26-19(27)21(2,25-20(26)28)15-10-14(22)8-9-16(15)23/h3-10H,11H2,1-2H3,(H,25,28)/t21-/m1/s1. The first-order valence-corrected chi connectivity index (χ1v) is 8.91. The van der Waals surface area contributed by atoms with Crippen molar-refractivity contribution in [2.24, 2.45) is 0 Å². The molecule has 2 heterocycles. The monoisotopic (exact) mass is 397 g/mol. The van der Waals surface area contributed by atoms with Gasteiger partial charge < -0.3 is 9.73 Å². The number of urea groups is 1. The predicted molar refractivity (Wildman–Crippen MR) is 99.5 cm³/mol. The van der Waals surface area contributed by atoms with Crippen molar-refractivity contribution in [3.63, 3.8) is 0 Å². The third-order valence-corrected chi connectivity index (χ3v) is 4.96. The summed E-state index contributed by atoms with van der Waals surface area (Å²) in [6, 6.07) is 11.3. The lowest BCUT2D eigenvalue weighted by atomic mass is 9.91. The maximum Gasteiger partial charge on any atom is 0.325 e. The number of nitrogens with one attached hydrogen (secondary N) is 1. The average Bonchev–Trinajstić information content (AvgIpc) is 3.17. The van der Waals surface area contributed by atoms with Gasteiger partial charge in [0, 0.05) is 11.1 Å². The molecule has 8 heteroatoms. The third-order valence-electron chi connectivity index (χ3n) is 4.96. The zero-order valence-electron chi connectivity index (χ0n) is 15.7. The lowest BCUT2D eigenvalue weighted by molar-refractivity contribution is -0.131. The number of carbonyl (C=O) groups is 2. The lowest BCUT2D eigenvalue weighted by Crippen LogP contribution is -2.41. The molecule has 1 atom stereocenters. The number of aryl methyl sites for hydroxylation is 1. The van der Waals surface area contributed by atoms with Gasteiger partial charge in [-0.05, 0) is 44.2 Å². The SMILES string of the molecule is Cc1oc(-c2ccccc2)nc1CN1C(=O)N[C@](C)(c2cc(F)ccc2F)C1=O. The van der Waals surface area contributed by atoms with Crippen LogP contribution in [0.2, 0.25) is 0 Å². The maximum absolute atomic E-state index is 14.3. The van der Waals surface area contributed by atoms with Gasteiger partial charge in [0.15, 0.2) is 0 Å². The molecule has 0 unspecified atom stereocenters. The molecule has 0 spiro atoms. The molecule has 0 saturated carbocycles. The van der Waals surface area contributed by atoms with Gasteiger partial charge in [-0.1, -0.05) is 18.2 Å². The molecule has 2 aromatic carbocycles. The highest BCUT2D eigenvalue weighted by atomic mass is 19.1. The molecule has 1 aliphatic heterocycles. The van der Waals surface area contributed by atoms with Crippen LogP contribution in [0, 0.1) is 18.6 Å². The highest BCUT2D eigenvalue weighted by Crippen LogP contribution is 2.32.